The fourth-order valence-corrected chi connectivity index (χ4v) is 2.00. The molecule has 1 aromatic rings. The van der Waals surface area contributed by atoms with Gasteiger partial charge in [-0.3, -0.25) is 0 Å². The van der Waals surface area contributed by atoms with E-state index in [0.717, 1.165) is 12.3 Å². The quantitative estimate of drug-likeness (QED) is 0.646. The molecule has 1 fully saturated rings. The van der Waals surface area contributed by atoms with Crippen LogP contribution >= 0.6 is 11.6 Å². The summed E-state index contributed by atoms with van der Waals surface area (Å²) in [5.41, 5.74) is 2.69. The Bertz CT molecular complexity index is 272. The van der Waals surface area contributed by atoms with E-state index in [4.69, 9.17) is 11.6 Å². The van der Waals surface area contributed by atoms with Crippen molar-refractivity contribution in [2.75, 3.05) is 0 Å². The molecule has 0 amide bonds. The molecule has 1 saturated carbocycles. The molecule has 70 valence electrons. The van der Waals surface area contributed by atoms with Crippen LogP contribution in [-0.2, 0) is 6.42 Å². The Morgan fingerprint density at radius 3 is 2.46 bits per heavy atom. The Labute approximate surface area is 84.9 Å². The molecule has 0 nitrogen and oxygen atoms in total. The highest BCUT2D eigenvalue weighted by Gasteiger charge is 2.29. The highest BCUT2D eigenvalue weighted by molar-refractivity contribution is 6.21. The third-order valence-electron chi connectivity index (χ3n) is 2.68. The standard InChI is InChI=1S/C12H15Cl/c1-9-2-4-10(5-3-9)8-12(13)11-6-7-11/h2-5,11-12H,6-8H2,1H3. The Morgan fingerprint density at radius 2 is 1.92 bits per heavy atom. The molecule has 2 rings (SSSR count). The molecule has 1 aliphatic carbocycles. The number of rotatable bonds is 3. The van der Waals surface area contributed by atoms with Crippen LogP contribution in [0.1, 0.15) is 24.0 Å². The fraction of sp³-hybridized carbons (Fsp3) is 0.500. The predicted octanol–water partition coefficient (Wildman–Crippen LogP) is 3.55. The molecular weight excluding hydrogens is 180 g/mol. The van der Waals surface area contributed by atoms with Gasteiger partial charge in [0.25, 0.3) is 0 Å². The monoisotopic (exact) mass is 194 g/mol. The molecule has 1 heteroatoms. The van der Waals surface area contributed by atoms with E-state index in [9.17, 15) is 0 Å². The second-order valence-corrected chi connectivity index (χ2v) is 4.60. The number of benzene rings is 1. The van der Waals surface area contributed by atoms with E-state index in [2.05, 4.69) is 31.2 Å². The van der Waals surface area contributed by atoms with Crippen molar-refractivity contribution in [3.05, 3.63) is 35.4 Å². The molecule has 0 saturated heterocycles. The number of halogens is 1. The van der Waals surface area contributed by atoms with Gasteiger partial charge in [0, 0.05) is 5.38 Å². The first-order valence-corrected chi connectivity index (χ1v) is 5.39. The number of aryl methyl sites for hydroxylation is 1. The zero-order valence-corrected chi connectivity index (χ0v) is 8.72. The summed E-state index contributed by atoms with van der Waals surface area (Å²) in [5.74, 6) is 0.794. The molecule has 0 aromatic heterocycles. The molecule has 0 N–H and O–H groups in total. The van der Waals surface area contributed by atoms with Gasteiger partial charge in [-0.1, -0.05) is 29.8 Å². The number of alkyl halides is 1. The SMILES string of the molecule is Cc1ccc(CC(Cl)C2CC2)cc1. The lowest BCUT2D eigenvalue weighted by atomic mass is 10.1. The highest BCUT2D eigenvalue weighted by atomic mass is 35.5. The molecule has 1 aromatic carbocycles. The van der Waals surface area contributed by atoms with Crippen LogP contribution in [0.4, 0.5) is 0 Å². The van der Waals surface area contributed by atoms with Crippen LogP contribution in [0.25, 0.3) is 0 Å². The molecule has 0 heterocycles. The minimum absolute atomic E-state index is 0.364. The minimum atomic E-state index is 0.364. The molecule has 0 spiro atoms. The topological polar surface area (TPSA) is 0 Å². The Balaban J connectivity index is 1.96. The van der Waals surface area contributed by atoms with Crippen molar-refractivity contribution in [3.63, 3.8) is 0 Å². The van der Waals surface area contributed by atoms with Crippen molar-refractivity contribution in [3.8, 4) is 0 Å². The summed E-state index contributed by atoms with van der Waals surface area (Å²) in [7, 11) is 0. The largest absolute Gasteiger partial charge is 0.122 e. The van der Waals surface area contributed by atoms with Crippen LogP contribution in [0, 0.1) is 12.8 Å². The average molecular weight is 195 g/mol. The summed E-state index contributed by atoms with van der Waals surface area (Å²) in [4.78, 5) is 0. The van der Waals surface area contributed by atoms with Crippen LogP contribution in [0.2, 0.25) is 0 Å². The van der Waals surface area contributed by atoms with Gasteiger partial charge in [0.05, 0.1) is 0 Å². The van der Waals surface area contributed by atoms with Crippen molar-refractivity contribution >= 4 is 11.6 Å². The molecular formula is C12H15Cl. The molecule has 0 aliphatic heterocycles. The average Bonchev–Trinajstić information content (AvgIpc) is 2.91. The van der Waals surface area contributed by atoms with Crippen molar-refractivity contribution in [2.24, 2.45) is 5.92 Å². The van der Waals surface area contributed by atoms with Crippen LogP contribution in [0.5, 0.6) is 0 Å². The zero-order chi connectivity index (χ0) is 9.26. The fourth-order valence-electron chi connectivity index (χ4n) is 1.57. The van der Waals surface area contributed by atoms with Gasteiger partial charge < -0.3 is 0 Å². The van der Waals surface area contributed by atoms with Gasteiger partial charge in [-0.2, -0.15) is 0 Å². The summed E-state index contributed by atoms with van der Waals surface area (Å²) in [5, 5.41) is 0.364. The van der Waals surface area contributed by atoms with E-state index in [1.54, 1.807) is 0 Å². The van der Waals surface area contributed by atoms with Crippen LogP contribution in [0.3, 0.4) is 0 Å². The summed E-state index contributed by atoms with van der Waals surface area (Å²) in [6.07, 6.45) is 3.70. The van der Waals surface area contributed by atoms with Gasteiger partial charge in [0.15, 0.2) is 0 Å². The molecule has 0 radical (unpaired) electrons. The van der Waals surface area contributed by atoms with E-state index in [0.29, 0.717) is 5.38 Å². The maximum atomic E-state index is 6.25. The minimum Gasteiger partial charge on any atom is -0.122 e. The first kappa shape index (κ1) is 9.08. The summed E-state index contributed by atoms with van der Waals surface area (Å²) < 4.78 is 0. The molecule has 1 atom stereocenters. The van der Waals surface area contributed by atoms with Crippen molar-refractivity contribution < 1.29 is 0 Å². The third-order valence-corrected chi connectivity index (χ3v) is 3.20. The van der Waals surface area contributed by atoms with Crippen LogP contribution in [-0.4, -0.2) is 5.38 Å². The van der Waals surface area contributed by atoms with E-state index < -0.39 is 0 Å². The van der Waals surface area contributed by atoms with Gasteiger partial charge >= 0.3 is 0 Å². The third kappa shape index (κ3) is 2.47. The lowest BCUT2D eigenvalue weighted by Crippen LogP contribution is -2.05. The lowest BCUT2D eigenvalue weighted by molar-refractivity contribution is 0.737. The Hall–Kier alpha value is -0.490. The maximum Gasteiger partial charge on any atom is 0.0404 e. The second kappa shape index (κ2) is 3.71. The number of hydrogen-bond donors (Lipinski definition) is 0. The molecule has 1 unspecified atom stereocenters. The van der Waals surface area contributed by atoms with E-state index in [1.807, 2.05) is 0 Å². The molecule has 1 aliphatic rings. The molecule has 13 heavy (non-hydrogen) atoms. The first-order chi connectivity index (χ1) is 6.25. The van der Waals surface area contributed by atoms with Crippen molar-refractivity contribution in [2.45, 2.75) is 31.6 Å². The Morgan fingerprint density at radius 1 is 1.31 bits per heavy atom. The lowest BCUT2D eigenvalue weighted by Gasteiger charge is -2.07. The molecule has 0 bridgehead atoms. The zero-order valence-electron chi connectivity index (χ0n) is 7.96. The van der Waals surface area contributed by atoms with Crippen LogP contribution < -0.4 is 0 Å². The van der Waals surface area contributed by atoms with Gasteiger partial charge in [0.2, 0.25) is 0 Å². The van der Waals surface area contributed by atoms with Gasteiger partial charge in [-0.25, -0.2) is 0 Å². The smallest absolute Gasteiger partial charge is 0.0404 e. The summed E-state index contributed by atoms with van der Waals surface area (Å²) in [6, 6.07) is 8.69. The maximum absolute atomic E-state index is 6.25. The second-order valence-electron chi connectivity index (χ2n) is 4.04. The van der Waals surface area contributed by atoms with Crippen molar-refractivity contribution in [1.82, 2.24) is 0 Å². The van der Waals surface area contributed by atoms with E-state index in [-0.39, 0.29) is 0 Å². The van der Waals surface area contributed by atoms with Gasteiger partial charge in [0.1, 0.15) is 0 Å². The number of hydrogen-bond acceptors (Lipinski definition) is 0. The predicted molar refractivity (Wildman–Crippen MR) is 57.2 cm³/mol. The highest BCUT2D eigenvalue weighted by Crippen LogP contribution is 2.37. The Kier molecular flexibility index (Phi) is 2.59. The van der Waals surface area contributed by atoms with E-state index >= 15 is 0 Å². The summed E-state index contributed by atoms with van der Waals surface area (Å²) >= 11 is 6.25. The first-order valence-electron chi connectivity index (χ1n) is 4.95. The normalized spacial score (nSPS) is 18.6. The van der Waals surface area contributed by atoms with Crippen molar-refractivity contribution in [1.29, 1.82) is 0 Å². The van der Waals surface area contributed by atoms with Crippen LogP contribution in [0.15, 0.2) is 24.3 Å². The van der Waals surface area contributed by atoms with Gasteiger partial charge in [-0.05, 0) is 37.7 Å². The van der Waals surface area contributed by atoms with Gasteiger partial charge in [-0.15, -0.1) is 11.6 Å². The summed E-state index contributed by atoms with van der Waals surface area (Å²) in [6.45, 7) is 2.11. The van der Waals surface area contributed by atoms with E-state index in [1.165, 1.54) is 24.0 Å².